The van der Waals surface area contributed by atoms with E-state index < -0.39 is 21.4 Å². The average molecular weight is 538 g/mol. The van der Waals surface area contributed by atoms with Gasteiger partial charge in [-0.15, -0.1) is 0 Å². The van der Waals surface area contributed by atoms with Crippen molar-refractivity contribution in [3.8, 4) is 0 Å². The van der Waals surface area contributed by atoms with Gasteiger partial charge in [-0.2, -0.15) is 0 Å². The maximum absolute atomic E-state index is 13.9. The zero-order chi connectivity index (χ0) is 28.5. The van der Waals surface area contributed by atoms with Crippen LogP contribution in [0.15, 0.2) is 114 Å². The molecular formula is C31H27N3O6. The van der Waals surface area contributed by atoms with E-state index >= 15 is 0 Å². The van der Waals surface area contributed by atoms with E-state index in [1.807, 2.05) is 60.7 Å². The summed E-state index contributed by atoms with van der Waals surface area (Å²) in [5.74, 6) is -0.573. The van der Waals surface area contributed by atoms with Gasteiger partial charge in [-0.25, -0.2) is 4.79 Å². The number of nitro benzene ring substituents is 2. The van der Waals surface area contributed by atoms with Gasteiger partial charge in [0.05, 0.1) is 22.2 Å². The summed E-state index contributed by atoms with van der Waals surface area (Å²) in [4.78, 5) is 40.5. The van der Waals surface area contributed by atoms with Crippen LogP contribution in [0.25, 0.3) is 0 Å². The molecule has 0 saturated heterocycles. The number of carbonyl (C=O) groups excluding carboxylic acids is 1. The molecule has 4 aromatic rings. The average Bonchev–Trinajstić information content (AvgIpc) is 2.97. The molecule has 0 aliphatic rings. The molecule has 202 valence electrons. The van der Waals surface area contributed by atoms with Crippen molar-refractivity contribution in [3.05, 3.63) is 152 Å². The molecular weight excluding hydrogens is 510 g/mol. The molecule has 0 aliphatic heterocycles. The summed E-state index contributed by atoms with van der Waals surface area (Å²) in [5, 5.41) is 22.5. The molecule has 0 N–H and O–H groups in total. The van der Waals surface area contributed by atoms with E-state index in [4.69, 9.17) is 9.73 Å². The van der Waals surface area contributed by atoms with Crippen LogP contribution in [0.1, 0.15) is 29.2 Å². The Morgan fingerprint density at radius 3 is 1.45 bits per heavy atom. The van der Waals surface area contributed by atoms with E-state index in [-0.39, 0.29) is 30.8 Å². The van der Waals surface area contributed by atoms with E-state index in [9.17, 15) is 25.0 Å². The summed E-state index contributed by atoms with van der Waals surface area (Å²) in [5.41, 5.74) is 1.79. The SMILES string of the molecule is CCOC(=O)C(Cc1ccc([N+](=O)[O-])cc1)(Cc1ccc([N+](=O)[O-])cc1)N=C(c1ccccc1)c1ccccc1. The molecule has 0 atom stereocenters. The van der Waals surface area contributed by atoms with Crippen LogP contribution in [0.5, 0.6) is 0 Å². The highest BCUT2D eigenvalue weighted by atomic mass is 16.6. The first-order chi connectivity index (χ1) is 19.3. The van der Waals surface area contributed by atoms with Gasteiger partial charge in [0.25, 0.3) is 11.4 Å². The third-order valence-corrected chi connectivity index (χ3v) is 6.36. The van der Waals surface area contributed by atoms with Crippen molar-refractivity contribution in [2.24, 2.45) is 4.99 Å². The van der Waals surface area contributed by atoms with E-state index in [1.165, 1.54) is 24.3 Å². The zero-order valence-electron chi connectivity index (χ0n) is 21.8. The summed E-state index contributed by atoms with van der Waals surface area (Å²) >= 11 is 0. The van der Waals surface area contributed by atoms with Gasteiger partial charge in [0.2, 0.25) is 0 Å². The third-order valence-electron chi connectivity index (χ3n) is 6.36. The van der Waals surface area contributed by atoms with Crippen molar-refractivity contribution < 1.29 is 19.4 Å². The number of ether oxygens (including phenoxy) is 1. The first-order valence-electron chi connectivity index (χ1n) is 12.7. The van der Waals surface area contributed by atoms with Crippen molar-refractivity contribution in [3.63, 3.8) is 0 Å². The van der Waals surface area contributed by atoms with E-state index in [1.54, 1.807) is 31.2 Å². The summed E-state index contributed by atoms with van der Waals surface area (Å²) in [7, 11) is 0. The quantitative estimate of drug-likeness (QED) is 0.0981. The normalized spacial score (nSPS) is 10.9. The maximum atomic E-state index is 13.9. The molecule has 9 nitrogen and oxygen atoms in total. The van der Waals surface area contributed by atoms with Gasteiger partial charge >= 0.3 is 5.97 Å². The van der Waals surface area contributed by atoms with Crippen LogP contribution in [0.4, 0.5) is 11.4 Å². The molecule has 0 radical (unpaired) electrons. The Morgan fingerprint density at radius 2 is 1.10 bits per heavy atom. The number of hydrogen-bond acceptors (Lipinski definition) is 7. The fraction of sp³-hybridized carbons (Fsp3) is 0.161. The summed E-state index contributed by atoms with van der Waals surface area (Å²) in [6.07, 6.45) is 0.147. The molecule has 40 heavy (non-hydrogen) atoms. The molecule has 9 heteroatoms. The number of aliphatic imine (C=N–C) groups is 1. The number of benzene rings is 4. The predicted molar refractivity (Wildman–Crippen MR) is 151 cm³/mol. The lowest BCUT2D eigenvalue weighted by Gasteiger charge is -2.29. The van der Waals surface area contributed by atoms with Crippen molar-refractivity contribution in [1.82, 2.24) is 0 Å². The first kappa shape index (κ1) is 27.8. The van der Waals surface area contributed by atoms with Gasteiger partial charge in [0, 0.05) is 48.2 Å². The van der Waals surface area contributed by atoms with Gasteiger partial charge in [0.1, 0.15) is 0 Å². The monoisotopic (exact) mass is 537 g/mol. The topological polar surface area (TPSA) is 125 Å². The smallest absolute Gasteiger partial charge is 0.334 e. The number of nitrogens with zero attached hydrogens (tertiary/aromatic N) is 3. The lowest BCUT2D eigenvalue weighted by molar-refractivity contribution is -0.385. The molecule has 0 aromatic heterocycles. The Balaban J connectivity index is 1.93. The number of carbonyl (C=O) groups is 1. The molecule has 4 aromatic carbocycles. The van der Waals surface area contributed by atoms with Gasteiger partial charge in [0.15, 0.2) is 5.54 Å². The lowest BCUT2D eigenvalue weighted by Crippen LogP contribution is -2.44. The van der Waals surface area contributed by atoms with Crippen molar-refractivity contribution in [1.29, 1.82) is 0 Å². The molecule has 0 unspecified atom stereocenters. The fourth-order valence-corrected chi connectivity index (χ4v) is 4.45. The van der Waals surface area contributed by atoms with Crippen LogP contribution in [-0.4, -0.2) is 33.7 Å². The molecule has 0 saturated carbocycles. The third kappa shape index (κ3) is 6.63. The molecule has 0 amide bonds. The Kier molecular flexibility index (Phi) is 8.75. The number of nitro groups is 2. The maximum Gasteiger partial charge on any atom is 0.334 e. The molecule has 4 rings (SSSR count). The molecule has 0 bridgehead atoms. The van der Waals surface area contributed by atoms with Gasteiger partial charge in [-0.05, 0) is 18.1 Å². The second kappa shape index (κ2) is 12.6. The number of hydrogen-bond donors (Lipinski definition) is 0. The van der Waals surface area contributed by atoms with Crippen molar-refractivity contribution in [2.75, 3.05) is 6.61 Å². The Hall–Kier alpha value is -5.18. The standard InChI is InChI=1S/C31H27N3O6/c1-2-40-30(35)31(21-23-13-17-27(18-14-23)33(36)37,22-24-15-19-28(20-16-24)34(38)39)32-29(25-9-5-3-6-10-25)26-11-7-4-8-12-26/h3-20H,2,21-22H2,1H3. The van der Waals surface area contributed by atoms with Gasteiger partial charge in [-0.1, -0.05) is 84.9 Å². The minimum Gasteiger partial charge on any atom is -0.464 e. The largest absolute Gasteiger partial charge is 0.464 e. The summed E-state index contributed by atoms with van der Waals surface area (Å²) in [6.45, 7) is 1.82. The van der Waals surface area contributed by atoms with Crippen LogP contribution in [-0.2, 0) is 22.4 Å². The number of rotatable bonds is 11. The predicted octanol–water partition coefficient (Wildman–Crippen LogP) is 6.13. The van der Waals surface area contributed by atoms with E-state index in [0.717, 1.165) is 11.1 Å². The van der Waals surface area contributed by atoms with Gasteiger partial charge in [-0.3, -0.25) is 25.2 Å². The van der Waals surface area contributed by atoms with Crippen LogP contribution in [0, 0.1) is 20.2 Å². The highest BCUT2D eigenvalue weighted by Gasteiger charge is 2.41. The number of esters is 1. The Morgan fingerprint density at radius 1 is 0.700 bits per heavy atom. The van der Waals surface area contributed by atoms with Crippen LogP contribution in [0.3, 0.4) is 0 Å². The van der Waals surface area contributed by atoms with Crippen LogP contribution >= 0.6 is 0 Å². The minimum atomic E-state index is -1.50. The van der Waals surface area contributed by atoms with Crippen LogP contribution in [0.2, 0.25) is 0 Å². The lowest BCUT2D eigenvalue weighted by atomic mass is 9.84. The Bertz CT molecular complexity index is 1400. The minimum absolute atomic E-state index is 0.0707. The highest BCUT2D eigenvalue weighted by molar-refractivity contribution is 6.14. The Labute approximate surface area is 231 Å². The first-order valence-corrected chi connectivity index (χ1v) is 12.7. The zero-order valence-corrected chi connectivity index (χ0v) is 21.8. The van der Waals surface area contributed by atoms with Crippen molar-refractivity contribution >= 4 is 23.1 Å². The second-order valence-electron chi connectivity index (χ2n) is 9.15. The van der Waals surface area contributed by atoms with Gasteiger partial charge < -0.3 is 4.74 Å². The number of non-ortho nitro benzene ring substituents is 2. The fourth-order valence-electron chi connectivity index (χ4n) is 4.45. The summed E-state index contributed by atoms with van der Waals surface area (Å²) in [6, 6.07) is 30.8. The molecule has 0 spiro atoms. The molecule has 0 fully saturated rings. The van der Waals surface area contributed by atoms with Crippen LogP contribution < -0.4 is 0 Å². The van der Waals surface area contributed by atoms with Crippen molar-refractivity contribution in [2.45, 2.75) is 25.3 Å². The van der Waals surface area contributed by atoms with E-state index in [2.05, 4.69) is 0 Å². The summed E-state index contributed by atoms with van der Waals surface area (Å²) < 4.78 is 5.59. The second-order valence-corrected chi connectivity index (χ2v) is 9.15. The molecule has 0 heterocycles. The van der Waals surface area contributed by atoms with E-state index in [0.29, 0.717) is 16.8 Å². The highest BCUT2D eigenvalue weighted by Crippen LogP contribution is 2.30. The molecule has 0 aliphatic carbocycles.